The monoisotopic (exact) mass is 198 g/mol. The van der Waals surface area contributed by atoms with E-state index < -0.39 is 5.60 Å². The highest BCUT2D eigenvalue weighted by atomic mass is 19.1. The molecular weight excluding hydrogens is 183 g/mol. The van der Waals surface area contributed by atoms with Gasteiger partial charge in [-0.05, 0) is 38.5 Å². The lowest BCUT2D eigenvalue weighted by Gasteiger charge is -2.23. The van der Waals surface area contributed by atoms with Crippen LogP contribution < -0.4 is 4.74 Å². The van der Waals surface area contributed by atoms with Crippen LogP contribution in [0, 0.1) is 12.7 Å². The van der Waals surface area contributed by atoms with Gasteiger partial charge in [0.1, 0.15) is 11.6 Å². The highest BCUT2D eigenvalue weighted by Crippen LogP contribution is 2.33. The molecule has 78 valence electrons. The molecule has 1 N–H and O–H groups in total. The molecule has 0 unspecified atom stereocenters. The van der Waals surface area contributed by atoms with Crippen molar-refractivity contribution in [3.8, 4) is 5.75 Å². The lowest BCUT2D eigenvalue weighted by Crippen LogP contribution is -2.19. The second-order valence-corrected chi connectivity index (χ2v) is 3.81. The van der Waals surface area contributed by atoms with Gasteiger partial charge in [0.25, 0.3) is 0 Å². The van der Waals surface area contributed by atoms with Gasteiger partial charge in [-0.1, -0.05) is 0 Å². The first-order valence-corrected chi connectivity index (χ1v) is 4.44. The Labute approximate surface area is 83.3 Å². The van der Waals surface area contributed by atoms with Crippen molar-refractivity contribution in [2.24, 2.45) is 0 Å². The van der Waals surface area contributed by atoms with Crippen molar-refractivity contribution in [3.63, 3.8) is 0 Å². The Morgan fingerprint density at radius 1 is 1.36 bits per heavy atom. The van der Waals surface area contributed by atoms with E-state index in [9.17, 15) is 9.50 Å². The molecule has 0 aliphatic carbocycles. The fourth-order valence-electron chi connectivity index (χ4n) is 1.59. The van der Waals surface area contributed by atoms with E-state index in [4.69, 9.17) is 4.74 Å². The quantitative estimate of drug-likeness (QED) is 0.790. The number of benzene rings is 1. The Bertz CT molecular complexity index is 340. The van der Waals surface area contributed by atoms with Gasteiger partial charge < -0.3 is 9.84 Å². The maximum atomic E-state index is 13.3. The van der Waals surface area contributed by atoms with E-state index in [0.29, 0.717) is 16.9 Å². The molecule has 0 fully saturated rings. The zero-order chi connectivity index (χ0) is 10.9. The van der Waals surface area contributed by atoms with Crippen LogP contribution in [0.15, 0.2) is 12.1 Å². The summed E-state index contributed by atoms with van der Waals surface area (Å²) >= 11 is 0. The number of hydrogen-bond acceptors (Lipinski definition) is 2. The van der Waals surface area contributed by atoms with Gasteiger partial charge in [-0.25, -0.2) is 4.39 Å². The first-order valence-electron chi connectivity index (χ1n) is 4.44. The summed E-state index contributed by atoms with van der Waals surface area (Å²) < 4.78 is 18.3. The fraction of sp³-hybridized carbons (Fsp3) is 0.455. The fourth-order valence-corrected chi connectivity index (χ4v) is 1.59. The minimum atomic E-state index is -1.10. The summed E-state index contributed by atoms with van der Waals surface area (Å²) in [6, 6.07) is 2.86. The minimum absolute atomic E-state index is 0.331. The Balaban J connectivity index is 3.44. The van der Waals surface area contributed by atoms with Gasteiger partial charge in [0, 0.05) is 5.56 Å². The molecule has 0 aromatic heterocycles. The molecule has 14 heavy (non-hydrogen) atoms. The molecule has 2 nitrogen and oxygen atoms in total. The van der Waals surface area contributed by atoms with E-state index in [2.05, 4.69) is 0 Å². The number of methoxy groups -OCH3 is 1. The summed E-state index contributed by atoms with van der Waals surface area (Å²) in [6.07, 6.45) is 0. The summed E-state index contributed by atoms with van der Waals surface area (Å²) in [7, 11) is 1.50. The number of ether oxygens (including phenoxy) is 1. The van der Waals surface area contributed by atoms with Gasteiger partial charge in [0.15, 0.2) is 0 Å². The van der Waals surface area contributed by atoms with Gasteiger partial charge in [-0.2, -0.15) is 0 Å². The number of hydrogen-bond donors (Lipinski definition) is 1. The third-order valence-corrected chi connectivity index (χ3v) is 2.19. The lowest BCUT2D eigenvalue weighted by atomic mass is 9.92. The maximum Gasteiger partial charge on any atom is 0.126 e. The van der Waals surface area contributed by atoms with Crippen LogP contribution in [0.3, 0.4) is 0 Å². The van der Waals surface area contributed by atoms with Crippen molar-refractivity contribution in [2.75, 3.05) is 7.11 Å². The molecular formula is C11H15FO2. The van der Waals surface area contributed by atoms with Crippen LogP contribution in [0.4, 0.5) is 4.39 Å². The van der Waals surface area contributed by atoms with E-state index in [1.54, 1.807) is 20.8 Å². The second kappa shape index (κ2) is 3.58. The molecule has 0 aliphatic heterocycles. The van der Waals surface area contributed by atoms with Gasteiger partial charge in [-0.15, -0.1) is 0 Å². The molecule has 0 saturated carbocycles. The molecule has 1 aromatic carbocycles. The summed E-state index contributed by atoms with van der Waals surface area (Å²) in [5.74, 6) is 0.180. The third-order valence-electron chi connectivity index (χ3n) is 2.19. The van der Waals surface area contributed by atoms with Crippen molar-refractivity contribution in [2.45, 2.75) is 26.4 Å². The molecule has 0 bridgehead atoms. The first kappa shape index (κ1) is 11.0. The summed E-state index contributed by atoms with van der Waals surface area (Å²) in [6.45, 7) is 4.85. The predicted octanol–water partition coefficient (Wildman–Crippen LogP) is 2.37. The number of rotatable bonds is 2. The standard InChI is InChI=1S/C11H15FO2/c1-7-8(12)5-6-9(14-4)10(7)11(2,3)13/h5-6,13H,1-4H3. The van der Waals surface area contributed by atoms with E-state index >= 15 is 0 Å². The van der Waals surface area contributed by atoms with E-state index in [-0.39, 0.29) is 5.82 Å². The van der Waals surface area contributed by atoms with Crippen molar-refractivity contribution < 1.29 is 14.2 Å². The maximum absolute atomic E-state index is 13.3. The van der Waals surface area contributed by atoms with E-state index in [0.717, 1.165) is 0 Å². The van der Waals surface area contributed by atoms with E-state index in [1.165, 1.54) is 19.2 Å². The second-order valence-electron chi connectivity index (χ2n) is 3.81. The van der Waals surface area contributed by atoms with Crippen LogP contribution in [0.1, 0.15) is 25.0 Å². The van der Waals surface area contributed by atoms with E-state index in [1.807, 2.05) is 0 Å². The average molecular weight is 198 g/mol. The van der Waals surface area contributed by atoms with Crippen molar-refractivity contribution >= 4 is 0 Å². The Kier molecular flexibility index (Phi) is 2.81. The number of halogens is 1. The van der Waals surface area contributed by atoms with Crippen molar-refractivity contribution in [1.29, 1.82) is 0 Å². The van der Waals surface area contributed by atoms with Crippen molar-refractivity contribution in [3.05, 3.63) is 29.1 Å². The summed E-state index contributed by atoms with van der Waals surface area (Å²) in [5, 5.41) is 9.86. The SMILES string of the molecule is COc1ccc(F)c(C)c1C(C)(C)O. The average Bonchev–Trinajstić information content (AvgIpc) is 2.07. The van der Waals surface area contributed by atoms with Gasteiger partial charge in [0.2, 0.25) is 0 Å². The molecule has 0 spiro atoms. The highest BCUT2D eigenvalue weighted by Gasteiger charge is 2.24. The summed E-state index contributed by atoms with van der Waals surface area (Å²) in [5.41, 5.74) is -0.172. The minimum Gasteiger partial charge on any atom is -0.496 e. The van der Waals surface area contributed by atoms with Gasteiger partial charge in [0.05, 0.1) is 12.7 Å². The largest absolute Gasteiger partial charge is 0.496 e. The van der Waals surface area contributed by atoms with Crippen LogP contribution >= 0.6 is 0 Å². The van der Waals surface area contributed by atoms with Gasteiger partial charge in [-0.3, -0.25) is 0 Å². The molecule has 1 aromatic rings. The van der Waals surface area contributed by atoms with Crippen LogP contribution in [-0.2, 0) is 5.60 Å². The normalized spacial score (nSPS) is 11.6. The smallest absolute Gasteiger partial charge is 0.126 e. The number of aliphatic hydroxyl groups is 1. The topological polar surface area (TPSA) is 29.5 Å². The molecule has 0 atom stereocenters. The first-order chi connectivity index (χ1) is 6.38. The molecule has 0 radical (unpaired) electrons. The Morgan fingerprint density at radius 2 is 1.93 bits per heavy atom. The Morgan fingerprint density at radius 3 is 2.36 bits per heavy atom. The third kappa shape index (κ3) is 1.87. The zero-order valence-electron chi connectivity index (χ0n) is 8.89. The van der Waals surface area contributed by atoms with Gasteiger partial charge >= 0.3 is 0 Å². The van der Waals surface area contributed by atoms with Crippen LogP contribution in [0.25, 0.3) is 0 Å². The van der Waals surface area contributed by atoms with Crippen LogP contribution in [0.2, 0.25) is 0 Å². The van der Waals surface area contributed by atoms with Crippen molar-refractivity contribution in [1.82, 2.24) is 0 Å². The zero-order valence-corrected chi connectivity index (χ0v) is 8.89. The molecule has 0 aliphatic rings. The molecule has 1 rings (SSSR count). The molecule has 3 heteroatoms. The molecule has 0 heterocycles. The van der Waals surface area contributed by atoms with Crippen LogP contribution in [0.5, 0.6) is 5.75 Å². The van der Waals surface area contributed by atoms with Crippen LogP contribution in [-0.4, -0.2) is 12.2 Å². The summed E-state index contributed by atoms with van der Waals surface area (Å²) in [4.78, 5) is 0. The lowest BCUT2D eigenvalue weighted by molar-refractivity contribution is 0.0745. The molecule has 0 saturated heterocycles. The molecule has 0 amide bonds. The highest BCUT2D eigenvalue weighted by molar-refractivity contribution is 5.43. The Hall–Kier alpha value is -1.09. The predicted molar refractivity (Wildman–Crippen MR) is 52.9 cm³/mol.